The Hall–Kier alpha value is -1.60. The fourth-order valence-electron chi connectivity index (χ4n) is 1.62. The molecule has 0 unspecified atom stereocenters. The third-order valence-electron chi connectivity index (χ3n) is 2.39. The van der Waals surface area contributed by atoms with Crippen LogP contribution in [0.3, 0.4) is 0 Å². The molecule has 1 aliphatic heterocycles. The van der Waals surface area contributed by atoms with E-state index in [1.54, 1.807) is 12.3 Å². The average Bonchev–Trinajstić information content (AvgIpc) is 2.65. The van der Waals surface area contributed by atoms with Gasteiger partial charge in [0.05, 0.1) is 18.0 Å². The SMILES string of the molecule is N#Cc1ccc(N2CC[C@@H](O)C2)cn1. The first-order valence-corrected chi connectivity index (χ1v) is 4.59. The normalized spacial score (nSPS) is 20.9. The summed E-state index contributed by atoms with van der Waals surface area (Å²) >= 11 is 0. The molecule has 0 radical (unpaired) electrons. The molecule has 0 aromatic carbocycles. The number of hydrogen-bond acceptors (Lipinski definition) is 4. The second kappa shape index (κ2) is 3.64. The number of nitriles is 1. The van der Waals surface area contributed by atoms with E-state index in [4.69, 9.17) is 5.26 Å². The molecule has 0 bridgehead atoms. The van der Waals surface area contributed by atoms with Crippen molar-refractivity contribution in [2.45, 2.75) is 12.5 Å². The molecule has 4 nitrogen and oxygen atoms in total. The van der Waals surface area contributed by atoms with E-state index in [1.165, 1.54) is 0 Å². The Morgan fingerprint density at radius 3 is 2.93 bits per heavy atom. The van der Waals surface area contributed by atoms with E-state index < -0.39 is 0 Å². The quantitative estimate of drug-likeness (QED) is 0.699. The number of rotatable bonds is 1. The number of anilines is 1. The zero-order chi connectivity index (χ0) is 9.97. The van der Waals surface area contributed by atoms with E-state index in [0.717, 1.165) is 18.7 Å². The second-order valence-electron chi connectivity index (χ2n) is 3.40. The highest BCUT2D eigenvalue weighted by atomic mass is 16.3. The number of nitrogens with zero attached hydrogens (tertiary/aromatic N) is 3. The van der Waals surface area contributed by atoms with Gasteiger partial charge in [-0.3, -0.25) is 0 Å². The van der Waals surface area contributed by atoms with Gasteiger partial charge in [0.15, 0.2) is 0 Å². The fourth-order valence-corrected chi connectivity index (χ4v) is 1.62. The van der Waals surface area contributed by atoms with Crippen LogP contribution in [0.5, 0.6) is 0 Å². The summed E-state index contributed by atoms with van der Waals surface area (Å²) in [6.45, 7) is 1.52. The van der Waals surface area contributed by atoms with Crippen molar-refractivity contribution in [3.8, 4) is 6.07 Å². The van der Waals surface area contributed by atoms with Crippen molar-refractivity contribution in [3.05, 3.63) is 24.0 Å². The van der Waals surface area contributed by atoms with Gasteiger partial charge < -0.3 is 10.0 Å². The Morgan fingerprint density at radius 1 is 1.57 bits per heavy atom. The maximum absolute atomic E-state index is 9.35. The van der Waals surface area contributed by atoms with Gasteiger partial charge in [0.2, 0.25) is 0 Å². The van der Waals surface area contributed by atoms with E-state index >= 15 is 0 Å². The van der Waals surface area contributed by atoms with Gasteiger partial charge in [0, 0.05) is 13.1 Å². The zero-order valence-electron chi connectivity index (χ0n) is 7.72. The minimum Gasteiger partial charge on any atom is -0.391 e. The summed E-state index contributed by atoms with van der Waals surface area (Å²) in [5.41, 5.74) is 1.40. The van der Waals surface area contributed by atoms with Crippen LogP contribution in [-0.2, 0) is 0 Å². The van der Waals surface area contributed by atoms with Crippen LogP contribution in [0.25, 0.3) is 0 Å². The average molecular weight is 189 g/mol. The smallest absolute Gasteiger partial charge is 0.140 e. The Labute approximate surface area is 82.4 Å². The number of hydrogen-bond donors (Lipinski definition) is 1. The number of aromatic nitrogens is 1. The van der Waals surface area contributed by atoms with Gasteiger partial charge in [0.1, 0.15) is 11.8 Å². The molecular weight excluding hydrogens is 178 g/mol. The molecule has 0 amide bonds. The van der Waals surface area contributed by atoms with Gasteiger partial charge in [-0.2, -0.15) is 5.26 Å². The molecule has 4 heteroatoms. The molecule has 1 aliphatic rings. The third-order valence-corrected chi connectivity index (χ3v) is 2.39. The summed E-state index contributed by atoms with van der Waals surface area (Å²) < 4.78 is 0. The van der Waals surface area contributed by atoms with Crippen molar-refractivity contribution in [1.82, 2.24) is 4.98 Å². The van der Waals surface area contributed by atoms with Gasteiger partial charge in [-0.25, -0.2) is 4.98 Å². The van der Waals surface area contributed by atoms with E-state index in [9.17, 15) is 5.11 Å². The molecule has 2 rings (SSSR count). The van der Waals surface area contributed by atoms with Crippen LogP contribution in [0, 0.1) is 11.3 Å². The Kier molecular flexibility index (Phi) is 2.33. The lowest BCUT2D eigenvalue weighted by Gasteiger charge is -2.16. The molecule has 1 atom stereocenters. The van der Waals surface area contributed by atoms with Crippen LogP contribution in [-0.4, -0.2) is 29.3 Å². The molecule has 1 aromatic rings. The second-order valence-corrected chi connectivity index (χ2v) is 3.40. The highest BCUT2D eigenvalue weighted by Crippen LogP contribution is 2.19. The molecule has 1 saturated heterocycles. The standard InChI is InChI=1S/C10H11N3O/c11-5-8-1-2-9(6-12-8)13-4-3-10(14)7-13/h1-2,6,10,14H,3-4,7H2/t10-/m1/s1. The number of β-amino-alcohol motifs (C(OH)–C–C–N with tert-alkyl or cyclic N) is 1. The van der Waals surface area contributed by atoms with Crippen molar-refractivity contribution >= 4 is 5.69 Å². The highest BCUT2D eigenvalue weighted by Gasteiger charge is 2.20. The lowest BCUT2D eigenvalue weighted by atomic mass is 10.3. The van der Waals surface area contributed by atoms with Gasteiger partial charge in [-0.15, -0.1) is 0 Å². The van der Waals surface area contributed by atoms with Crippen LogP contribution < -0.4 is 4.90 Å². The first-order valence-electron chi connectivity index (χ1n) is 4.59. The molecular formula is C10H11N3O. The molecule has 1 fully saturated rings. The molecule has 0 saturated carbocycles. The fraction of sp³-hybridized carbons (Fsp3) is 0.400. The van der Waals surface area contributed by atoms with Crippen molar-refractivity contribution in [2.24, 2.45) is 0 Å². The third kappa shape index (κ3) is 1.68. The summed E-state index contributed by atoms with van der Waals surface area (Å²) in [6.07, 6.45) is 2.25. The van der Waals surface area contributed by atoms with Gasteiger partial charge in [-0.05, 0) is 18.6 Å². The Morgan fingerprint density at radius 2 is 2.43 bits per heavy atom. The molecule has 72 valence electrons. The highest BCUT2D eigenvalue weighted by molar-refractivity contribution is 5.46. The molecule has 0 spiro atoms. The van der Waals surface area contributed by atoms with Gasteiger partial charge in [-0.1, -0.05) is 0 Å². The van der Waals surface area contributed by atoms with Crippen LogP contribution in [0.15, 0.2) is 18.3 Å². The maximum atomic E-state index is 9.35. The van der Waals surface area contributed by atoms with E-state index in [2.05, 4.69) is 9.88 Å². The van der Waals surface area contributed by atoms with E-state index in [-0.39, 0.29) is 6.10 Å². The van der Waals surface area contributed by atoms with Crippen LogP contribution in [0.4, 0.5) is 5.69 Å². The minimum atomic E-state index is -0.231. The Balaban J connectivity index is 2.14. The topological polar surface area (TPSA) is 60.2 Å². The molecule has 2 heterocycles. The van der Waals surface area contributed by atoms with Gasteiger partial charge >= 0.3 is 0 Å². The zero-order valence-corrected chi connectivity index (χ0v) is 7.72. The predicted molar refractivity (Wildman–Crippen MR) is 51.8 cm³/mol. The molecule has 1 N–H and O–H groups in total. The van der Waals surface area contributed by atoms with Crippen molar-refractivity contribution < 1.29 is 5.11 Å². The molecule has 14 heavy (non-hydrogen) atoms. The van der Waals surface area contributed by atoms with Crippen LogP contribution >= 0.6 is 0 Å². The monoisotopic (exact) mass is 189 g/mol. The lowest BCUT2D eigenvalue weighted by Crippen LogP contribution is -2.21. The summed E-state index contributed by atoms with van der Waals surface area (Å²) in [5, 5.41) is 17.9. The number of pyridine rings is 1. The van der Waals surface area contributed by atoms with Crippen molar-refractivity contribution in [1.29, 1.82) is 5.26 Å². The first kappa shape index (κ1) is 8.97. The summed E-state index contributed by atoms with van der Waals surface area (Å²) in [5.74, 6) is 0. The van der Waals surface area contributed by atoms with E-state index in [1.807, 2.05) is 12.1 Å². The lowest BCUT2D eigenvalue weighted by molar-refractivity contribution is 0.198. The van der Waals surface area contributed by atoms with E-state index in [0.29, 0.717) is 12.2 Å². The van der Waals surface area contributed by atoms with Crippen molar-refractivity contribution in [2.75, 3.05) is 18.0 Å². The van der Waals surface area contributed by atoms with Crippen LogP contribution in [0.1, 0.15) is 12.1 Å². The predicted octanol–water partition coefficient (Wildman–Crippen LogP) is 0.524. The minimum absolute atomic E-state index is 0.231. The molecule has 0 aliphatic carbocycles. The van der Waals surface area contributed by atoms with Crippen molar-refractivity contribution in [3.63, 3.8) is 0 Å². The Bertz CT molecular complexity index is 355. The first-order chi connectivity index (χ1) is 6.79. The number of aliphatic hydroxyl groups excluding tert-OH is 1. The largest absolute Gasteiger partial charge is 0.391 e. The summed E-state index contributed by atoms with van der Waals surface area (Å²) in [6, 6.07) is 5.53. The molecule has 1 aromatic heterocycles. The number of aliphatic hydroxyl groups is 1. The maximum Gasteiger partial charge on any atom is 0.140 e. The van der Waals surface area contributed by atoms with Crippen LogP contribution in [0.2, 0.25) is 0 Å². The summed E-state index contributed by atoms with van der Waals surface area (Å²) in [4.78, 5) is 6.05. The summed E-state index contributed by atoms with van der Waals surface area (Å²) in [7, 11) is 0. The van der Waals surface area contributed by atoms with Gasteiger partial charge in [0.25, 0.3) is 0 Å².